The number of carbonyl (C=O) groups excluding carboxylic acids is 1. The number of para-hydroxylation sites is 2. The Bertz CT molecular complexity index is 919. The van der Waals surface area contributed by atoms with E-state index in [0.717, 1.165) is 0 Å². The van der Waals surface area contributed by atoms with Crippen LogP contribution < -0.4 is 0 Å². The zero-order chi connectivity index (χ0) is 16.9. The number of carbonyl (C=O) groups is 1. The number of rotatable bonds is 4. The van der Waals surface area contributed by atoms with Gasteiger partial charge >= 0.3 is 0 Å². The minimum atomic E-state index is -0.150. The van der Waals surface area contributed by atoms with E-state index < -0.39 is 0 Å². The third-order valence-corrected chi connectivity index (χ3v) is 3.75. The standard InChI is InChI=1S/C20H14ClNO2/c21-16-8-5-7-14(12-16)20(24)17-9-2-3-10-18(17)22-13-15-6-1-4-11-19(15)23/h1-13,23H. The molecule has 0 aliphatic heterocycles. The first-order valence-electron chi connectivity index (χ1n) is 7.36. The number of hydrogen-bond donors (Lipinski definition) is 1. The Morgan fingerprint density at radius 1 is 0.958 bits per heavy atom. The molecule has 0 aliphatic carbocycles. The van der Waals surface area contributed by atoms with E-state index in [4.69, 9.17) is 11.6 Å². The molecular formula is C20H14ClNO2. The largest absolute Gasteiger partial charge is 0.507 e. The second-order valence-electron chi connectivity index (χ2n) is 5.17. The first kappa shape index (κ1) is 16.0. The van der Waals surface area contributed by atoms with Crippen molar-refractivity contribution in [3.8, 4) is 5.75 Å². The summed E-state index contributed by atoms with van der Waals surface area (Å²) in [5.74, 6) is -0.0116. The van der Waals surface area contributed by atoms with Gasteiger partial charge in [-0.15, -0.1) is 0 Å². The van der Waals surface area contributed by atoms with Crippen molar-refractivity contribution in [1.29, 1.82) is 0 Å². The molecule has 0 fully saturated rings. The second-order valence-corrected chi connectivity index (χ2v) is 5.61. The van der Waals surface area contributed by atoms with E-state index in [-0.39, 0.29) is 11.5 Å². The second kappa shape index (κ2) is 7.11. The summed E-state index contributed by atoms with van der Waals surface area (Å²) in [5, 5.41) is 10.3. The number of halogens is 1. The first-order valence-corrected chi connectivity index (χ1v) is 7.74. The Morgan fingerprint density at radius 3 is 2.50 bits per heavy atom. The predicted octanol–water partition coefficient (Wildman–Crippen LogP) is 5.03. The van der Waals surface area contributed by atoms with Crippen LogP contribution in [0.3, 0.4) is 0 Å². The summed E-state index contributed by atoms with van der Waals surface area (Å²) in [6.45, 7) is 0. The molecule has 3 aromatic rings. The van der Waals surface area contributed by atoms with Crippen molar-refractivity contribution in [3.63, 3.8) is 0 Å². The van der Waals surface area contributed by atoms with E-state index in [2.05, 4.69) is 4.99 Å². The van der Waals surface area contributed by atoms with Gasteiger partial charge in [0.2, 0.25) is 0 Å². The average molecular weight is 336 g/mol. The minimum absolute atomic E-state index is 0.139. The van der Waals surface area contributed by atoms with Gasteiger partial charge in [0, 0.05) is 27.9 Å². The van der Waals surface area contributed by atoms with Crippen molar-refractivity contribution in [3.05, 3.63) is 94.5 Å². The molecule has 24 heavy (non-hydrogen) atoms. The fraction of sp³-hybridized carbons (Fsp3) is 0. The van der Waals surface area contributed by atoms with Gasteiger partial charge in [0.05, 0.1) is 5.69 Å². The third-order valence-electron chi connectivity index (χ3n) is 3.51. The highest BCUT2D eigenvalue weighted by Crippen LogP contribution is 2.24. The molecule has 0 amide bonds. The highest BCUT2D eigenvalue weighted by Gasteiger charge is 2.13. The van der Waals surface area contributed by atoms with E-state index in [1.807, 2.05) is 12.1 Å². The topological polar surface area (TPSA) is 49.7 Å². The number of benzene rings is 3. The lowest BCUT2D eigenvalue weighted by Gasteiger charge is -2.05. The number of phenolic OH excluding ortho intramolecular Hbond substituents is 1. The van der Waals surface area contributed by atoms with E-state index in [0.29, 0.717) is 27.4 Å². The third kappa shape index (κ3) is 3.53. The molecule has 0 aliphatic rings. The number of phenols is 1. The van der Waals surface area contributed by atoms with Crippen LogP contribution in [0.1, 0.15) is 21.5 Å². The van der Waals surface area contributed by atoms with Gasteiger partial charge in [0.15, 0.2) is 5.78 Å². The summed E-state index contributed by atoms with van der Waals surface area (Å²) in [6, 6.07) is 20.8. The monoisotopic (exact) mass is 335 g/mol. The van der Waals surface area contributed by atoms with Crippen LogP contribution >= 0.6 is 11.6 Å². The Kier molecular flexibility index (Phi) is 4.73. The highest BCUT2D eigenvalue weighted by molar-refractivity contribution is 6.31. The van der Waals surface area contributed by atoms with Crippen molar-refractivity contribution in [2.75, 3.05) is 0 Å². The van der Waals surface area contributed by atoms with Gasteiger partial charge in [0.1, 0.15) is 5.75 Å². The molecule has 0 saturated heterocycles. The van der Waals surface area contributed by atoms with Crippen molar-refractivity contribution in [2.45, 2.75) is 0 Å². The summed E-state index contributed by atoms with van der Waals surface area (Å²) in [5.41, 5.74) is 2.10. The van der Waals surface area contributed by atoms with Crippen LogP contribution in [0.15, 0.2) is 77.8 Å². The molecule has 0 spiro atoms. The zero-order valence-corrected chi connectivity index (χ0v) is 13.4. The molecule has 0 saturated carbocycles. The molecule has 0 aromatic heterocycles. The number of nitrogens with zero attached hydrogens (tertiary/aromatic N) is 1. The number of aromatic hydroxyl groups is 1. The normalized spacial score (nSPS) is 10.9. The summed E-state index contributed by atoms with van der Waals surface area (Å²) < 4.78 is 0. The van der Waals surface area contributed by atoms with Gasteiger partial charge in [-0.05, 0) is 36.4 Å². The molecule has 0 heterocycles. The Balaban J connectivity index is 1.97. The van der Waals surface area contributed by atoms with Crippen LogP contribution in [0.5, 0.6) is 5.75 Å². The Hall–Kier alpha value is -2.91. The minimum Gasteiger partial charge on any atom is -0.507 e. The van der Waals surface area contributed by atoms with Crippen LogP contribution in [0.2, 0.25) is 5.02 Å². The average Bonchev–Trinajstić information content (AvgIpc) is 2.61. The van der Waals surface area contributed by atoms with Crippen LogP contribution in [0.25, 0.3) is 0 Å². The SMILES string of the molecule is O=C(c1cccc(Cl)c1)c1ccccc1N=Cc1ccccc1O. The van der Waals surface area contributed by atoms with Gasteiger partial charge in [-0.25, -0.2) is 0 Å². The molecule has 1 N–H and O–H groups in total. The quantitative estimate of drug-likeness (QED) is 0.537. The number of ketones is 1. The van der Waals surface area contributed by atoms with Gasteiger partial charge in [0.25, 0.3) is 0 Å². The molecule has 3 rings (SSSR count). The highest BCUT2D eigenvalue weighted by atomic mass is 35.5. The van der Waals surface area contributed by atoms with Crippen molar-refractivity contribution in [2.24, 2.45) is 4.99 Å². The van der Waals surface area contributed by atoms with E-state index in [9.17, 15) is 9.90 Å². The molecule has 118 valence electrons. The molecule has 0 unspecified atom stereocenters. The number of aliphatic imine (C=N–C) groups is 1. The van der Waals surface area contributed by atoms with Gasteiger partial charge in [-0.3, -0.25) is 9.79 Å². The van der Waals surface area contributed by atoms with E-state index in [1.165, 1.54) is 0 Å². The first-order chi connectivity index (χ1) is 11.6. The van der Waals surface area contributed by atoms with Crippen molar-refractivity contribution in [1.82, 2.24) is 0 Å². The predicted molar refractivity (Wildman–Crippen MR) is 96.7 cm³/mol. The lowest BCUT2D eigenvalue weighted by Crippen LogP contribution is -2.01. The van der Waals surface area contributed by atoms with Crippen LogP contribution in [0.4, 0.5) is 5.69 Å². The van der Waals surface area contributed by atoms with Crippen LogP contribution in [-0.4, -0.2) is 17.1 Å². The van der Waals surface area contributed by atoms with Gasteiger partial charge in [-0.2, -0.15) is 0 Å². The molecule has 4 heteroatoms. The molecular weight excluding hydrogens is 322 g/mol. The molecule has 0 radical (unpaired) electrons. The fourth-order valence-corrected chi connectivity index (χ4v) is 2.49. The zero-order valence-electron chi connectivity index (χ0n) is 12.7. The maximum Gasteiger partial charge on any atom is 0.195 e. The summed E-state index contributed by atoms with van der Waals surface area (Å²) >= 11 is 5.97. The molecule has 3 aromatic carbocycles. The van der Waals surface area contributed by atoms with Crippen molar-refractivity contribution < 1.29 is 9.90 Å². The Labute approximate surface area is 144 Å². The van der Waals surface area contributed by atoms with Gasteiger partial charge in [-0.1, -0.05) is 48.0 Å². The lowest BCUT2D eigenvalue weighted by atomic mass is 10.0. The lowest BCUT2D eigenvalue weighted by molar-refractivity contribution is 0.103. The fourth-order valence-electron chi connectivity index (χ4n) is 2.30. The summed E-state index contributed by atoms with van der Waals surface area (Å²) in [6.07, 6.45) is 1.54. The van der Waals surface area contributed by atoms with Gasteiger partial charge < -0.3 is 5.11 Å². The Morgan fingerprint density at radius 2 is 1.71 bits per heavy atom. The maximum atomic E-state index is 12.7. The summed E-state index contributed by atoms with van der Waals surface area (Å²) in [7, 11) is 0. The van der Waals surface area contributed by atoms with Crippen LogP contribution in [0, 0.1) is 0 Å². The maximum absolute atomic E-state index is 12.7. The molecule has 0 atom stereocenters. The van der Waals surface area contributed by atoms with E-state index in [1.54, 1.807) is 66.9 Å². The summed E-state index contributed by atoms with van der Waals surface area (Å²) in [4.78, 5) is 17.1. The van der Waals surface area contributed by atoms with Crippen LogP contribution in [-0.2, 0) is 0 Å². The number of hydrogen-bond acceptors (Lipinski definition) is 3. The molecule has 3 nitrogen and oxygen atoms in total. The van der Waals surface area contributed by atoms with E-state index >= 15 is 0 Å². The smallest absolute Gasteiger partial charge is 0.195 e. The van der Waals surface area contributed by atoms with Crippen molar-refractivity contribution >= 4 is 29.3 Å². The molecule has 0 bridgehead atoms.